The summed E-state index contributed by atoms with van der Waals surface area (Å²) >= 11 is 0. The van der Waals surface area contributed by atoms with E-state index >= 15 is 0 Å². The van der Waals surface area contributed by atoms with E-state index in [1.807, 2.05) is 0 Å². The lowest BCUT2D eigenvalue weighted by Crippen LogP contribution is -2.55. The van der Waals surface area contributed by atoms with Crippen LogP contribution in [0.15, 0.2) is 24.3 Å². The SMILES string of the molecule is COc1ccc(C[C@H](NC(=O)OC(C)(C)C)C(=O)C2C(=O)OC(C)(C)OC2=O)cc1. The second-order valence-electron chi connectivity index (χ2n) is 8.33. The molecule has 1 heterocycles. The van der Waals surface area contributed by atoms with Crippen LogP contribution in [-0.2, 0) is 35.0 Å². The van der Waals surface area contributed by atoms with Crippen LogP contribution >= 0.6 is 0 Å². The number of ether oxygens (including phenoxy) is 4. The number of hydrogen-bond donors (Lipinski definition) is 1. The quantitative estimate of drug-likeness (QED) is 0.548. The highest BCUT2D eigenvalue weighted by Crippen LogP contribution is 2.25. The lowest BCUT2D eigenvalue weighted by molar-refractivity contribution is -0.238. The van der Waals surface area contributed by atoms with Crippen LogP contribution < -0.4 is 10.1 Å². The van der Waals surface area contributed by atoms with Crippen molar-refractivity contribution in [2.45, 2.75) is 58.5 Å². The second kappa shape index (κ2) is 8.73. The van der Waals surface area contributed by atoms with Crippen molar-refractivity contribution < 1.29 is 38.1 Å². The van der Waals surface area contributed by atoms with Crippen molar-refractivity contribution in [3.63, 3.8) is 0 Å². The predicted molar refractivity (Wildman–Crippen MR) is 105 cm³/mol. The number of amides is 1. The maximum Gasteiger partial charge on any atom is 0.408 e. The summed E-state index contributed by atoms with van der Waals surface area (Å²) in [6, 6.07) is 5.57. The highest BCUT2D eigenvalue weighted by atomic mass is 16.7. The Labute approximate surface area is 175 Å². The predicted octanol–water partition coefficient (Wildman–Crippen LogP) is 2.15. The van der Waals surface area contributed by atoms with Gasteiger partial charge in [0.25, 0.3) is 5.79 Å². The number of carbonyl (C=O) groups excluding carboxylic acids is 4. The Balaban J connectivity index is 2.26. The van der Waals surface area contributed by atoms with Crippen molar-refractivity contribution in [3.8, 4) is 5.75 Å². The molecule has 2 rings (SSSR count). The van der Waals surface area contributed by atoms with Crippen molar-refractivity contribution in [1.82, 2.24) is 5.32 Å². The van der Waals surface area contributed by atoms with Crippen molar-refractivity contribution in [3.05, 3.63) is 29.8 Å². The molecule has 1 aromatic carbocycles. The van der Waals surface area contributed by atoms with Crippen LogP contribution in [-0.4, -0.2) is 48.4 Å². The molecule has 0 bridgehead atoms. The molecule has 1 aliphatic heterocycles. The van der Waals surface area contributed by atoms with Crippen molar-refractivity contribution in [2.24, 2.45) is 5.92 Å². The zero-order chi connectivity index (χ0) is 22.7. The van der Waals surface area contributed by atoms with Crippen LogP contribution in [0.5, 0.6) is 5.75 Å². The molecule has 9 nitrogen and oxygen atoms in total. The first-order valence-electron chi connectivity index (χ1n) is 9.43. The van der Waals surface area contributed by atoms with Gasteiger partial charge in [0.2, 0.25) is 5.92 Å². The zero-order valence-electron chi connectivity index (χ0n) is 17.9. The molecule has 1 aliphatic rings. The van der Waals surface area contributed by atoms with Gasteiger partial charge in [0.05, 0.1) is 13.2 Å². The van der Waals surface area contributed by atoms with E-state index in [0.717, 1.165) is 0 Å². The van der Waals surface area contributed by atoms with Crippen LogP contribution in [0.1, 0.15) is 40.2 Å². The average Bonchev–Trinajstić information content (AvgIpc) is 2.58. The fourth-order valence-corrected chi connectivity index (χ4v) is 2.82. The largest absolute Gasteiger partial charge is 0.497 e. The van der Waals surface area contributed by atoms with Gasteiger partial charge in [-0.25, -0.2) is 4.79 Å². The molecule has 1 fully saturated rings. The third-order valence-electron chi connectivity index (χ3n) is 4.08. The minimum Gasteiger partial charge on any atom is -0.497 e. The lowest BCUT2D eigenvalue weighted by atomic mass is 9.92. The summed E-state index contributed by atoms with van der Waals surface area (Å²) in [5.74, 6) is -5.53. The topological polar surface area (TPSA) is 117 Å². The number of cyclic esters (lactones) is 2. The lowest BCUT2D eigenvalue weighted by Gasteiger charge is -2.33. The summed E-state index contributed by atoms with van der Waals surface area (Å²) in [4.78, 5) is 50.0. The van der Waals surface area contributed by atoms with Crippen LogP contribution in [0.3, 0.4) is 0 Å². The molecule has 9 heteroatoms. The molecule has 1 N–H and O–H groups in total. The van der Waals surface area contributed by atoms with Gasteiger partial charge in [-0.1, -0.05) is 12.1 Å². The van der Waals surface area contributed by atoms with Crippen LogP contribution in [0.4, 0.5) is 4.79 Å². The highest BCUT2D eigenvalue weighted by Gasteiger charge is 2.49. The minimum absolute atomic E-state index is 0.0164. The van der Waals surface area contributed by atoms with Crippen LogP contribution in [0, 0.1) is 5.92 Å². The third kappa shape index (κ3) is 6.20. The molecule has 30 heavy (non-hydrogen) atoms. The normalized spacial score (nSPS) is 17.4. The van der Waals surface area contributed by atoms with Gasteiger partial charge < -0.3 is 24.3 Å². The standard InChI is InChI=1S/C21H27NO8/c1-20(2,3)30-19(26)22-14(11-12-7-9-13(27-6)10-8-12)16(23)15-17(24)28-21(4,5)29-18(15)25/h7-10,14-15H,11H2,1-6H3,(H,22,26)/t14-/m0/s1. The van der Waals surface area contributed by atoms with Crippen molar-refractivity contribution >= 4 is 23.8 Å². The van der Waals surface area contributed by atoms with E-state index in [0.29, 0.717) is 11.3 Å². The van der Waals surface area contributed by atoms with Gasteiger partial charge in [-0.3, -0.25) is 14.4 Å². The van der Waals surface area contributed by atoms with E-state index in [2.05, 4.69) is 5.32 Å². The third-order valence-corrected chi connectivity index (χ3v) is 4.08. The van der Waals surface area contributed by atoms with Gasteiger partial charge in [0, 0.05) is 13.8 Å². The Hall–Kier alpha value is -3.10. The molecule has 0 aromatic heterocycles. The van der Waals surface area contributed by atoms with Gasteiger partial charge in [-0.15, -0.1) is 0 Å². The van der Waals surface area contributed by atoms with Crippen molar-refractivity contribution in [1.29, 1.82) is 0 Å². The molecular weight excluding hydrogens is 394 g/mol. The fourth-order valence-electron chi connectivity index (χ4n) is 2.82. The monoisotopic (exact) mass is 421 g/mol. The molecule has 0 saturated carbocycles. The first-order valence-corrected chi connectivity index (χ1v) is 9.43. The van der Waals surface area contributed by atoms with E-state index in [9.17, 15) is 19.2 Å². The number of benzene rings is 1. The Kier molecular flexibility index (Phi) is 6.74. The Morgan fingerprint density at radius 1 is 1.10 bits per heavy atom. The molecule has 1 aromatic rings. The Bertz CT molecular complexity index is 802. The number of carbonyl (C=O) groups is 4. The van der Waals surface area contributed by atoms with E-state index in [1.165, 1.54) is 21.0 Å². The maximum atomic E-state index is 13.1. The number of rotatable bonds is 6. The highest BCUT2D eigenvalue weighted by molar-refractivity contribution is 6.17. The molecule has 1 atom stereocenters. The molecule has 1 amide bonds. The van der Waals surface area contributed by atoms with Gasteiger partial charge in [-0.05, 0) is 44.9 Å². The number of ketones is 1. The molecule has 164 valence electrons. The van der Waals surface area contributed by atoms with E-state index in [4.69, 9.17) is 18.9 Å². The number of hydrogen-bond acceptors (Lipinski definition) is 8. The first kappa shape index (κ1) is 23.2. The van der Waals surface area contributed by atoms with E-state index < -0.39 is 47.2 Å². The van der Waals surface area contributed by atoms with Gasteiger partial charge in [0.15, 0.2) is 5.78 Å². The van der Waals surface area contributed by atoms with E-state index in [1.54, 1.807) is 45.0 Å². The Morgan fingerprint density at radius 2 is 1.63 bits per heavy atom. The number of methoxy groups -OCH3 is 1. The Morgan fingerprint density at radius 3 is 2.10 bits per heavy atom. The second-order valence-corrected chi connectivity index (χ2v) is 8.33. The minimum atomic E-state index is -1.80. The number of Topliss-reactive ketones (excluding diaryl/α,β-unsaturated/α-hetero) is 1. The first-order chi connectivity index (χ1) is 13.8. The number of alkyl carbamates (subject to hydrolysis) is 1. The van der Waals surface area contributed by atoms with Gasteiger partial charge in [-0.2, -0.15) is 0 Å². The van der Waals surface area contributed by atoms with Crippen LogP contribution in [0.2, 0.25) is 0 Å². The zero-order valence-corrected chi connectivity index (χ0v) is 17.9. The summed E-state index contributed by atoms with van der Waals surface area (Å²) in [6.45, 7) is 7.79. The summed E-state index contributed by atoms with van der Waals surface area (Å²) < 4.78 is 20.4. The molecule has 0 aliphatic carbocycles. The number of nitrogens with one attached hydrogen (secondary N) is 1. The average molecular weight is 421 g/mol. The smallest absolute Gasteiger partial charge is 0.408 e. The van der Waals surface area contributed by atoms with Gasteiger partial charge in [0.1, 0.15) is 11.4 Å². The molecule has 0 spiro atoms. The summed E-state index contributed by atoms with van der Waals surface area (Å²) in [5, 5.41) is 2.45. The summed E-state index contributed by atoms with van der Waals surface area (Å²) in [7, 11) is 1.52. The molecule has 0 unspecified atom stereocenters. The maximum absolute atomic E-state index is 13.1. The molecule has 1 saturated heterocycles. The summed E-state index contributed by atoms with van der Waals surface area (Å²) in [5.41, 5.74) is -0.132. The van der Waals surface area contributed by atoms with Crippen LogP contribution in [0.25, 0.3) is 0 Å². The summed E-state index contributed by atoms with van der Waals surface area (Å²) in [6.07, 6.45) is -0.838. The van der Waals surface area contributed by atoms with Crippen molar-refractivity contribution in [2.75, 3.05) is 7.11 Å². The van der Waals surface area contributed by atoms with E-state index in [-0.39, 0.29) is 6.42 Å². The molecule has 0 radical (unpaired) electrons. The molecular formula is C21H27NO8. The fraction of sp³-hybridized carbons (Fsp3) is 0.524. The van der Waals surface area contributed by atoms with Gasteiger partial charge >= 0.3 is 18.0 Å². The number of esters is 2.